The third kappa shape index (κ3) is 7.73. The summed E-state index contributed by atoms with van der Waals surface area (Å²) >= 11 is 0. The van der Waals surface area contributed by atoms with Crippen LogP contribution in [-0.4, -0.2) is 42.4 Å². The maximum atomic E-state index is 6.50. The molecule has 0 amide bonds. The molecule has 0 saturated heterocycles. The third-order valence-corrected chi connectivity index (χ3v) is 12.8. The molecule has 0 fully saturated rings. The molecule has 43 heavy (non-hydrogen) atoms. The van der Waals surface area contributed by atoms with Crippen LogP contribution in [0.25, 0.3) is 34.4 Å². The van der Waals surface area contributed by atoms with E-state index >= 15 is 0 Å². The van der Waals surface area contributed by atoms with E-state index in [1.165, 1.54) is 5.56 Å². The summed E-state index contributed by atoms with van der Waals surface area (Å²) in [5.41, 5.74) is 6.94. The van der Waals surface area contributed by atoms with Crippen LogP contribution in [0.2, 0.25) is 18.1 Å². The molecule has 5 nitrogen and oxygen atoms in total. The zero-order valence-electron chi connectivity index (χ0n) is 27.9. The zero-order valence-corrected chi connectivity index (χ0v) is 28.9. The van der Waals surface area contributed by atoms with Crippen molar-refractivity contribution in [2.24, 2.45) is 0 Å². The first-order chi connectivity index (χ1) is 20.3. The lowest BCUT2D eigenvalue weighted by Crippen LogP contribution is -2.41. The Morgan fingerprint density at radius 2 is 1.47 bits per heavy atom. The molecule has 232 valence electrons. The Labute approximate surface area is 260 Å². The Balaban J connectivity index is 2.20. The van der Waals surface area contributed by atoms with Crippen LogP contribution < -0.4 is 18.9 Å². The Morgan fingerprint density at radius 3 is 2.02 bits per heavy atom. The minimum Gasteiger partial charge on any atom is -0.497 e. The maximum Gasteiger partial charge on any atom is 0.191 e. The van der Waals surface area contributed by atoms with Gasteiger partial charge in [-0.15, -0.1) is 0 Å². The molecule has 3 aromatic carbocycles. The molecule has 0 unspecified atom stereocenters. The van der Waals surface area contributed by atoms with Crippen molar-refractivity contribution in [3.63, 3.8) is 0 Å². The molecule has 6 heteroatoms. The van der Waals surface area contributed by atoms with E-state index in [1.807, 2.05) is 50.3 Å². The van der Waals surface area contributed by atoms with Crippen LogP contribution in [0.5, 0.6) is 23.0 Å². The normalized spacial score (nSPS) is 11.8. The molecule has 0 saturated carbocycles. The van der Waals surface area contributed by atoms with Crippen molar-refractivity contribution in [3.8, 4) is 45.3 Å². The molecule has 0 spiro atoms. The lowest BCUT2D eigenvalue weighted by molar-refractivity contribution is 0.231. The Morgan fingerprint density at radius 1 is 0.791 bits per heavy atom. The third-order valence-electron chi connectivity index (χ3n) is 8.27. The predicted molar refractivity (Wildman–Crippen MR) is 184 cm³/mol. The standard InChI is InChI=1S/C37H50O5Si/c1-13-26-17-20-33(39-9)36(42-25(3)4)35(26)31-24-32(34(40-10)23-27(31)14-2)30-19-18-29(38-8)22-28(30)16-15-21-41-43(11,12)37(5,6)7/h13-14,17-20,22-25H,1-2,15-16,21H2,3-12H3. The minimum atomic E-state index is -1.83. The number of methoxy groups -OCH3 is 3. The number of benzene rings is 3. The van der Waals surface area contributed by atoms with Crippen LogP contribution >= 0.6 is 0 Å². The summed E-state index contributed by atoms with van der Waals surface area (Å²) in [6, 6.07) is 14.4. The first kappa shape index (κ1) is 34.0. The summed E-state index contributed by atoms with van der Waals surface area (Å²) in [6.45, 7) is 24.4. The highest BCUT2D eigenvalue weighted by molar-refractivity contribution is 6.74. The van der Waals surface area contributed by atoms with E-state index in [1.54, 1.807) is 21.3 Å². The van der Waals surface area contributed by atoms with Gasteiger partial charge in [-0.2, -0.15) is 0 Å². The second kappa shape index (κ2) is 14.3. The van der Waals surface area contributed by atoms with Gasteiger partial charge in [-0.05, 0) is 103 Å². The Bertz CT molecular complexity index is 1430. The molecule has 0 heterocycles. The number of hydrogen-bond donors (Lipinski definition) is 0. The fourth-order valence-corrected chi connectivity index (χ4v) is 5.96. The highest BCUT2D eigenvalue weighted by atomic mass is 28.4. The largest absolute Gasteiger partial charge is 0.497 e. The summed E-state index contributed by atoms with van der Waals surface area (Å²) in [5.74, 6) is 2.91. The number of hydrogen-bond acceptors (Lipinski definition) is 5. The predicted octanol–water partition coefficient (Wildman–Crippen LogP) is 10.1. The second-order valence-electron chi connectivity index (χ2n) is 12.5. The summed E-state index contributed by atoms with van der Waals surface area (Å²) < 4.78 is 30.2. The van der Waals surface area contributed by atoms with Gasteiger partial charge in [0.15, 0.2) is 19.8 Å². The van der Waals surface area contributed by atoms with Crippen LogP contribution in [0, 0.1) is 0 Å². The van der Waals surface area contributed by atoms with E-state index in [0.29, 0.717) is 18.1 Å². The van der Waals surface area contributed by atoms with Crippen molar-refractivity contribution in [2.45, 2.75) is 71.7 Å². The fraction of sp³-hybridized carbons (Fsp3) is 0.405. The SMILES string of the molecule is C=Cc1cc(OC)c(-c2ccc(OC)cc2CCCO[Si](C)(C)C(C)(C)C)cc1-c1c(C=C)ccc(OC)c1OC(C)C. The first-order valence-electron chi connectivity index (χ1n) is 15.0. The van der Waals surface area contributed by atoms with Crippen molar-refractivity contribution >= 4 is 20.5 Å². The lowest BCUT2D eigenvalue weighted by Gasteiger charge is -2.36. The van der Waals surface area contributed by atoms with Gasteiger partial charge in [-0.3, -0.25) is 0 Å². The fourth-order valence-electron chi connectivity index (χ4n) is 4.87. The molecular formula is C37H50O5Si. The maximum absolute atomic E-state index is 6.50. The van der Waals surface area contributed by atoms with Gasteiger partial charge in [0.2, 0.25) is 0 Å². The van der Waals surface area contributed by atoms with E-state index in [2.05, 4.69) is 65.2 Å². The number of rotatable bonds is 14. The smallest absolute Gasteiger partial charge is 0.191 e. The Hall–Kier alpha value is -3.48. The van der Waals surface area contributed by atoms with Crippen molar-refractivity contribution < 1.29 is 23.4 Å². The van der Waals surface area contributed by atoms with Crippen molar-refractivity contribution in [1.29, 1.82) is 0 Å². The van der Waals surface area contributed by atoms with Gasteiger partial charge in [0, 0.05) is 17.7 Å². The Kier molecular flexibility index (Phi) is 11.3. The molecule has 0 aliphatic rings. The van der Waals surface area contributed by atoms with Gasteiger partial charge in [-0.25, -0.2) is 0 Å². The average molecular weight is 603 g/mol. The van der Waals surface area contributed by atoms with Gasteiger partial charge in [0.1, 0.15) is 11.5 Å². The van der Waals surface area contributed by atoms with Crippen LogP contribution in [0.1, 0.15) is 57.7 Å². The number of aryl methyl sites for hydroxylation is 1. The van der Waals surface area contributed by atoms with Gasteiger partial charge in [-0.1, -0.05) is 58.2 Å². The van der Waals surface area contributed by atoms with Crippen LogP contribution in [-0.2, 0) is 10.8 Å². The highest BCUT2D eigenvalue weighted by Gasteiger charge is 2.36. The first-order valence-corrected chi connectivity index (χ1v) is 17.9. The van der Waals surface area contributed by atoms with E-state index in [-0.39, 0.29) is 11.1 Å². The van der Waals surface area contributed by atoms with Crippen LogP contribution in [0.4, 0.5) is 0 Å². The topological polar surface area (TPSA) is 46.2 Å². The van der Waals surface area contributed by atoms with Crippen LogP contribution in [0.3, 0.4) is 0 Å². The van der Waals surface area contributed by atoms with E-state index in [0.717, 1.165) is 57.7 Å². The molecule has 3 rings (SSSR count). The molecule has 0 bridgehead atoms. The van der Waals surface area contributed by atoms with Gasteiger partial charge in [0.25, 0.3) is 0 Å². The van der Waals surface area contributed by atoms with Gasteiger partial charge < -0.3 is 23.4 Å². The summed E-state index contributed by atoms with van der Waals surface area (Å²) in [7, 11) is 3.24. The molecule has 0 atom stereocenters. The molecule has 0 aliphatic heterocycles. The van der Waals surface area contributed by atoms with Crippen molar-refractivity contribution in [2.75, 3.05) is 27.9 Å². The minimum absolute atomic E-state index is 0.0562. The summed E-state index contributed by atoms with van der Waals surface area (Å²) in [4.78, 5) is 0. The average Bonchev–Trinajstić information content (AvgIpc) is 2.97. The van der Waals surface area contributed by atoms with E-state index in [4.69, 9.17) is 23.4 Å². The molecule has 0 radical (unpaired) electrons. The lowest BCUT2D eigenvalue weighted by atomic mass is 9.88. The zero-order chi connectivity index (χ0) is 31.9. The van der Waals surface area contributed by atoms with Crippen molar-refractivity contribution in [1.82, 2.24) is 0 Å². The number of ether oxygens (including phenoxy) is 4. The van der Waals surface area contributed by atoms with E-state index < -0.39 is 8.32 Å². The van der Waals surface area contributed by atoms with Crippen LogP contribution in [0.15, 0.2) is 55.6 Å². The van der Waals surface area contributed by atoms with Gasteiger partial charge >= 0.3 is 0 Å². The molecule has 0 aromatic heterocycles. The summed E-state index contributed by atoms with van der Waals surface area (Å²) in [6.07, 6.45) is 5.37. The summed E-state index contributed by atoms with van der Waals surface area (Å²) in [5, 5.41) is 0.174. The van der Waals surface area contributed by atoms with Crippen molar-refractivity contribution in [3.05, 3.63) is 72.3 Å². The quantitative estimate of drug-likeness (QED) is 0.136. The molecule has 0 N–H and O–H groups in total. The van der Waals surface area contributed by atoms with Gasteiger partial charge in [0.05, 0.1) is 27.4 Å². The molecule has 0 aliphatic carbocycles. The highest BCUT2D eigenvalue weighted by Crippen LogP contribution is 2.47. The van der Waals surface area contributed by atoms with E-state index in [9.17, 15) is 0 Å². The molecule has 3 aromatic rings. The molecular weight excluding hydrogens is 552 g/mol. The monoisotopic (exact) mass is 602 g/mol. The second-order valence-corrected chi connectivity index (χ2v) is 17.3.